The molecule has 1 aliphatic rings. The van der Waals surface area contributed by atoms with Crippen LogP contribution in [-0.4, -0.2) is 37.1 Å². The second-order valence-electron chi connectivity index (χ2n) is 5.59. The van der Waals surface area contributed by atoms with E-state index in [0.717, 1.165) is 24.4 Å². The van der Waals surface area contributed by atoms with E-state index in [1.165, 1.54) is 6.20 Å². The number of ether oxygens (including phenoxy) is 1. The van der Waals surface area contributed by atoms with E-state index in [0.29, 0.717) is 22.3 Å². The number of carbonyl (C=O) groups excluding carboxylic acids is 1. The standard InChI is InChI=1S/C17H17Cl2N3O2/c1-24-15-3-2-12(18)9-14(15)22-7-5-13(10-22)21-17(23)11-4-6-20-16(19)8-11/h2-4,6,8-9,13H,5,7,10H2,1H3,(H,21,23)/t13-/m0/s1. The van der Waals surface area contributed by atoms with Crippen molar-refractivity contribution in [3.8, 4) is 5.75 Å². The Morgan fingerprint density at radius 2 is 2.17 bits per heavy atom. The van der Waals surface area contributed by atoms with Gasteiger partial charge < -0.3 is 15.0 Å². The molecule has 1 saturated heterocycles. The molecule has 1 aromatic carbocycles. The normalized spacial score (nSPS) is 17.0. The molecule has 1 atom stereocenters. The number of rotatable bonds is 4. The van der Waals surface area contributed by atoms with E-state index in [9.17, 15) is 4.79 Å². The third-order valence-electron chi connectivity index (χ3n) is 3.99. The fourth-order valence-electron chi connectivity index (χ4n) is 2.82. The summed E-state index contributed by atoms with van der Waals surface area (Å²) in [4.78, 5) is 18.4. The number of nitrogens with one attached hydrogen (secondary N) is 1. The highest BCUT2D eigenvalue weighted by atomic mass is 35.5. The number of hydrogen-bond acceptors (Lipinski definition) is 4. The van der Waals surface area contributed by atoms with Gasteiger partial charge in [0.1, 0.15) is 10.9 Å². The molecule has 1 N–H and O–H groups in total. The summed E-state index contributed by atoms with van der Waals surface area (Å²) in [5.41, 5.74) is 1.45. The number of pyridine rings is 1. The molecule has 1 amide bonds. The van der Waals surface area contributed by atoms with E-state index in [1.54, 1.807) is 25.3 Å². The van der Waals surface area contributed by atoms with Crippen molar-refractivity contribution in [2.75, 3.05) is 25.1 Å². The van der Waals surface area contributed by atoms with Crippen LogP contribution in [0.3, 0.4) is 0 Å². The topological polar surface area (TPSA) is 54.5 Å². The van der Waals surface area contributed by atoms with Crippen molar-refractivity contribution in [1.29, 1.82) is 0 Å². The average Bonchev–Trinajstić information content (AvgIpc) is 3.03. The number of carbonyl (C=O) groups is 1. The SMILES string of the molecule is COc1ccc(Cl)cc1N1CC[C@H](NC(=O)c2ccnc(Cl)c2)C1. The Morgan fingerprint density at radius 1 is 1.33 bits per heavy atom. The average molecular weight is 366 g/mol. The molecule has 1 aliphatic heterocycles. The quantitative estimate of drug-likeness (QED) is 0.843. The van der Waals surface area contributed by atoms with Gasteiger partial charge in [0.15, 0.2) is 0 Å². The van der Waals surface area contributed by atoms with Crippen LogP contribution in [0.4, 0.5) is 5.69 Å². The summed E-state index contributed by atoms with van der Waals surface area (Å²) >= 11 is 11.9. The first-order valence-electron chi connectivity index (χ1n) is 7.57. The molecule has 5 nitrogen and oxygen atoms in total. The second kappa shape index (κ2) is 7.28. The van der Waals surface area contributed by atoms with Crippen LogP contribution in [0.2, 0.25) is 10.2 Å². The molecule has 2 heterocycles. The first-order valence-corrected chi connectivity index (χ1v) is 8.33. The number of benzene rings is 1. The molecule has 1 aromatic heterocycles. The number of methoxy groups -OCH3 is 1. The highest BCUT2D eigenvalue weighted by Gasteiger charge is 2.26. The zero-order chi connectivity index (χ0) is 17.1. The molecule has 2 aromatic rings. The van der Waals surface area contributed by atoms with Gasteiger partial charge >= 0.3 is 0 Å². The van der Waals surface area contributed by atoms with Crippen molar-refractivity contribution in [3.05, 3.63) is 52.3 Å². The maximum Gasteiger partial charge on any atom is 0.251 e. The molecule has 0 aliphatic carbocycles. The maximum atomic E-state index is 12.3. The maximum absolute atomic E-state index is 12.3. The van der Waals surface area contributed by atoms with E-state index >= 15 is 0 Å². The van der Waals surface area contributed by atoms with E-state index < -0.39 is 0 Å². The Kier molecular flexibility index (Phi) is 5.11. The summed E-state index contributed by atoms with van der Waals surface area (Å²) in [6.07, 6.45) is 2.37. The predicted molar refractivity (Wildman–Crippen MR) is 95.3 cm³/mol. The Bertz CT molecular complexity index is 754. The van der Waals surface area contributed by atoms with Crippen LogP contribution in [0.25, 0.3) is 0 Å². The van der Waals surface area contributed by atoms with Gasteiger partial charge in [-0.3, -0.25) is 4.79 Å². The first-order chi connectivity index (χ1) is 11.6. The molecule has 0 unspecified atom stereocenters. The zero-order valence-electron chi connectivity index (χ0n) is 13.1. The van der Waals surface area contributed by atoms with Gasteiger partial charge in [-0.2, -0.15) is 0 Å². The van der Waals surface area contributed by atoms with E-state index in [1.807, 2.05) is 12.1 Å². The molecule has 0 saturated carbocycles. The van der Waals surface area contributed by atoms with Gasteiger partial charge in [0.2, 0.25) is 0 Å². The minimum Gasteiger partial charge on any atom is -0.495 e. The summed E-state index contributed by atoms with van der Waals surface area (Å²) in [6, 6.07) is 8.79. The smallest absolute Gasteiger partial charge is 0.251 e. The third kappa shape index (κ3) is 3.74. The summed E-state index contributed by atoms with van der Waals surface area (Å²) in [7, 11) is 1.63. The van der Waals surface area contributed by atoms with Gasteiger partial charge in [0.05, 0.1) is 12.8 Å². The number of hydrogen-bond donors (Lipinski definition) is 1. The number of halogens is 2. The van der Waals surface area contributed by atoms with Crippen LogP contribution in [0, 0.1) is 0 Å². The molecule has 0 bridgehead atoms. The zero-order valence-corrected chi connectivity index (χ0v) is 14.6. The number of aromatic nitrogens is 1. The lowest BCUT2D eigenvalue weighted by molar-refractivity contribution is 0.0940. The van der Waals surface area contributed by atoms with Gasteiger partial charge in [-0.05, 0) is 36.8 Å². The highest BCUT2D eigenvalue weighted by molar-refractivity contribution is 6.31. The van der Waals surface area contributed by atoms with Crippen LogP contribution >= 0.6 is 23.2 Å². The van der Waals surface area contributed by atoms with E-state index in [2.05, 4.69) is 15.2 Å². The lowest BCUT2D eigenvalue weighted by Crippen LogP contribution is -2.37. The summed E-state index contributed by atoms with van der Waals surface area (Å²) < 4.78 is 5.40. The minimum atomic E-state index is -0.149. The lowest BCUT2D eigenvalue weighted by atomic mass is 10.2. The van der Waals surface area contributed by atoms with Gasteiger partial charge in [0.25, 0.3) is 5.91 Å². The number of anilines is 1. The van der Waals surface area contributed by atoms with Gasteiger partial charge in [0, 0.05) is 35.9 Å². The largest absolute Gasteiger partial charge is 0.495 e. The van der Waals surface area contributed by atoms with Crippen molar-refractivity contribution in [3.63, 3.8) is 0 Å². The van der Waals surface area contributed by atoms with E-state index in [4.69, 9.17) is 27.9 Å². The van der Waals surface area contributed by atoms with Gasteiger partial charge in [-0.15, -0.1) is 0 Å². The predicted octanol–water partition coefficient (Wildman–Crippen LogP) is 3.41. The minimum absolute atomic E-state index is 0.0492. The molecule has 3 rings (SSSR count). The van der Waals surface area contributed by atoms with Crippen molar-refractivity contribution < 1.29 is 9.53 Å². The summed E-state index contributed by atoms with van der Waals surface area (Å²) in [6.45, 7) is 1.51. The molecule has 7 heteroatoms. The molecular weight excluding hydrogens is 349 g/mol. The lowest BCUT2D eigenvalue weighted by Gasteiger charge is -2.21. The fraction of sp³-hybridized carbons (Fsp3) is 0.294. The van der Waals surface area contributed by atoms with Crippen molar-refractivity contribution in [1.82, 2.24) is 10.3 Å². The molecule has 1 fully saturated rings. The van der Waals surface area contributed by atoms with E-state index in [-0.39, 0.29) is 11.9 Å². The van der Waals surface area contributed by atoms with Crippen LogP contribution in [-0.2, 0) is 0 Å². The highest BCUT2D eigenvalue weighted by Crippen LogP contribution is 2.33. The van der Waals surface area contributed by atoms with Crippen molar-refractivity contribution in [2.24, 2.45) is 0 Å². The third-order valence-corrected chi connectivity index (χ3v) is 4.44. The molecular formula is C17H17Cl2N3O2. The van der Waals surface area contributed by atoms with Crippen molar-refractivity contribution >= 4 is 34.8 Å². The van der Waals surface area contributed by atoms with Gasteiger partial charge in [-0.1, -0.05) is 23.2 Å². The van der Waals surface area contributed by atoms with Crippen LogP contribution in [0.15, 0.2) is 36.5 Å². The van der Waals surface area contributed by atoms with Crippen LogP contribution < -0.4 is 15.0 Å². The van der Waals surface area contributed by atoms with Crippen LogP contribution in [0.1, 0.15) is 16.8 Å². The molecule has 126 valence electrons. The first kappa shape index (κ1) is 16.9. The second-order valence-corrected chi connectivity index (χ2v) is 6.41. The molecule has 24 heavy (non-hydrogen) atoms. The number of nitrogens with zero attached hydrogens (tertiary/aromatic N) is 2. The molecule has 0 radical (unpaired) electrons. The Morgan fingerprint density at radius 3 is 2.92 bits per heavy atom. The Labute approximate surface area is 150 Å². The Hall–Kier alpha value is -1.98. The van der Waals surface area contributed by atoms with Gasteiger partial charge in [-0.25, -0.2) is 4.98 Å². The monoisotopic (exact) mass is 365 g/mol. The summed E-state index contributed by atoms with van der Waals surface area (Å²) in [5.74, 6) is 0.622. The van der Waals surface area contributed by atoms with Crippen molar-refractivity contribution in [2.45, 2.75) is 12.5 Å². The Balaban J connectivity index is 1.68. The molecule has 0 spiro atoms. The fourth-order valence-corrected chi connectivity index (χ4v) is 3.16. The van der Waals surface area contributed by atoms with Crippen LogP contribution in [0.5, 0.6) is 5.75 Å². The summed E-state index contributed by atoms with van der Waals surface area (Å²) in [5, 5.41) is 4.00. The number of amides is 1.